The largest absolute Gasteiger partial charge is 0.381 e. The van der Waals surface area contributed by atoms with Crippen LogP contribution in [0.2, 0.25) is 0 Å². The van der Waals surface area contributed by atoms with Gasteiger partial charge in [-0.1, -0.05) is 104 Å². The zero-order valence-electron chi connectivity index (χ0n) is 49.0. The molecule has 0 aliphatic carbocycles. The molecule has 0 saturated carbocycles. The Morgan fingerprint density at radius 3 is 1.08 bits per heavy atom. The molecule has 0 unspecified atom stereocenters. The summed E-state index contributed by atoms with van der Waals surface area (Å²) in [4.78, 5) is 55.6. The van der Waals surface area contributed by atoms with E-state index >= 15 is 0 Å². The van der Waals surface area contributed by atoms with Crippen LogP contribution in [-0.4, -0.2) is 135 Å². The fraction of sp³-hybridized carbons (Fsp3) is 0.569. The molecule has 0 bridgehead atoms. The van der Waals surface area contributed by atoms with Crippen molar-refractivity contribution in [1.82, 2.24) is 36.0 Å². The number of hydrogen-bond donors (Lipinski definition) is 4. The highest BCUT2D eigenvalue weighted by atomic mass is 16.5. The Labute approximate surface area is 464 Å². The average Bonchev–Trinajstić information content (AvgIpc) is 3.96. The second-order valence-electron chi connectivity index (χ2n) is 23.2. The van der Waals surface area contributed by atoms with E-state index in [1.54, 1.807) is 0 Å². The van der Waals surface area contributed by atoms with Gasteiger partial charge in [0, 0.05) is 85.8 Å². The molecule has 12 heteroatoms. The first-order valence-corrected chi connectivity index (χ1v) is 29.2. The maximum atomic E-state index is 12.3. The predicted molar refractivity (Wildman–Crippen MR) is 317 cm³/mol. The lowest BCUT2D eigenvalue weighted by molar-refractivity contribution is 0.0695. The average molecular weight is 1060 g/mol. The summed E-state index contributed by atoms with van der Waals surface area (Å²) in [5, 5.41) is 12.4. The molecular weight excluding hydrogens is 959 g/mol. The highest BCUT2D eigenvalue weighted by Crippen LogP contribution is 2.20. The van der Waals surface area contributed by atoms with Gasteiger partial charge in [-0.2, -0.15) is 0 Å². The number of rotatable bonds is 15. The molecule has 0 atom stereocenters. The van der Waals surface area contributed by atoms with Crippen molar-refractivity contribution in [3.63, 3.8) is 0 Å². The molecule has 4 saturated heterocycles. The predicted octanol–water partition coefficient (Wildman–Crippen LogP) is 11.4. The van der Waals surface area contributed by atoms with Gasteiger partial charge < -0.3 is 40.7 Å². The van der Waals surface area contributed by atoms with E-state index in [-0.39, 0.29) is 29.7 Å². The Kier molecular flexibility index (Phi) is 26.3. The molecule has 0 aromatic heterocycles. The quantitative estimate of drug-likeness (QED) is 0.0925. The number of likely N-dealkylation sites (tertiary alicyclic amines) is 3. The molecule has 4 N–H and O–H groups in total. The van der Waals surface area contributed by atoms with Gasteiger partial charge in [0.2, 0.25) is 0 Å². The number of amides is 4. The summed E-state index contributed by atoms with van der Waals surface area (Å²) in [7, 11) is 2.13. The zero-order valence-corrected chi connectivity index (χ0v) is 49.0. The number of carbonyl (C=O) groups is 4. The highest BCUT2D eigenvalue weighted by Gasteiger charge is 2.23. The van der Waals surface area contributed by atoms with Gasteiger partial charge in [-0.15, -0.1) is 0 Å². The van der Waals surface area contributed by atoms with E-state index in [2.05, 4.69) is 124 Å². The third kappa shape index (κ3) is 21.7. The molecule has 8 rings (SSSR count). The van der Waals surface area contributed by atoms with Crippen LogP contribution in [0.15, 0.2) is 97.1 Å². The van der Waals surface area contributed by atoms with E-state index in [0.717, 1.165) is 113 Å². The molecule has 4 aliphatic rings. The summed E-state index contributed by atoms with van der Waals surface area (Å²) in [5.74, 6) is 2.20. The van der Waals surface area contributed by atoms with Crippen molar-refractivity contribution >= 4 is 23.6 Å². The van der Waals surface area contributed by atoms with Crippen LogP contribution in [0.25, 0.3) is 0 Å². The normalized spacial score (nSPS) is 17.0. The Hall–Kier alpha value is -5.40. The van der Waals surface area contributed by atoms with E-state index in [1.807, 2.05) is 84.9 Å². The monoisotopic (exact) mass is 1060 g/mol. The van der Waals surface area contributed by atoms with Crippen molar-refractivity contribution < 1.29 is 23.9 Å². The molecule has 0 radical (unpaired) electrons. The van der Waals surface area contributed by atoms with E-state index in [0.29, 0.717) is 41.8 Å². The van der Waals surface area contributed by atoms with E-state index in [9.17, 15) is 19.2 Å². The fourth-order valence-corrected chi connectivity index (χ4v) is 9.87. The van der Waals surface area contributed by atoms with Crippen LogP contribution in [0.3, 0.4) is 0 Å². The molecule has 422 valence electrons. The smallest absolute Gasteiger partial charge is 0.251 e. The van der Waals surface area contributed by atoms with Crippen molar-refractivity contribution in [3.8, 4) is 0 Å². The first-order chi connectivity index (χ1) is 36.9. The third-order valence-electron chi connectivity index (χ3n) is 15.5. The summed E-state index contributed by atoms with van der Waals surface area (Å²) in [6, 6.07) is 33.3. The number of hydrogen-bond acceptors (Lipinski definition) is 8. The van der Waals surface area contributed by atoms with Crippen molar-refractivity contribution in [3.05, 3.63) is 142 Å². The van der Waals surface area contributed by atoms with E-state index in [4.69, 9.17) is 4.74 Å². The van der Waals surface area contributed by atoms with Crippen molar-refractivity contribution in [1.29, 1.82) is 0 Å². The third-order valence-corrected chi connectivity index (χ3v) is 15.5. The van der Waals surface area contributed by atoms with Crippen LogP contribution in [0, 0.1) is 0 Å². The fourth-order valence-electron chi connectivity index (χ4n) is 9.87. The Morgan fingerprint density at radius 2 is 0.753 bits per heavy atom. The van der Waals surface area contributed by atoms with Crippen LogP contribution in [-0.2, 0) is 4.74 Å². The number of nitrogens with one attached hydrogen (secondary N) is 4. The van der Waals surface area contributed by atoms with Gasteiger partial charge >= 0.3 is 0 Å². The van der Waals surface area contributed by atoms with E-state index < -0.39 is 0 Å². The standard InChI is InChI=1S/C18H28N2O.2C16H24N2O.C15H21NO2/c1-13(2)15-5-7-16(8-6-15)18(21)19-17-9-11-20(12-10-17)14(3)4;1-12(2)13-4-6-14(7-5-13)16(19)17-15-8-10-18(3)11-9-15;1-13(2)14-5-7-15(8-6-14)16(19)17-9-12-18-10-3-4-11-18;1-11(2)12-3-5-13(6-4-12)15(17)16-14-7-9-18-10-8-14/h5-8,13-14,17H,9-12H2,1-4H3,(H,19,21);4-7,12,15H,8-11H2,1-3H3,(H,17,19);5-8,13H,3-4,9-12H2,1-2H3,(H,17,19);3-6,11,14H,7-10H2,1-2H3,(H,16,17). The van der Waals surface area contributed by atoms with Gasteiger partial charge in [0.15, 0.2) is 0 Å². The summed E-state index contributed by atoms with van der Waals surface area (Å²) >= 11 is 0. The Balaban J connectivity index is 0.000000190. The van der Waals surface area contributed by atoms with Gasteiger partial charge in [0.05, 0.1) is 0 Å². The molecule has 4 amide bonds. The Bertz CT molecular complexity index is 2340. The number of piperidine rings is 2. The first kappa shape index (κ1) is 62.4. The van der Waals surface area contributed by atoms with Gasteiger partial charge in [-0.05, 0) is 193 Å². The lowest BCUT2D eigenvalue weighted by Gasteiger charge is -2.34. The Morgan fingerprint density at radius 1 is 0.442 bits per heavy atom. The maximum absolute atomic E-state index is 12.3. The van der Waals surface area contributed by atoms with Crippen LogP contribution in [0.5, 0.6) is 0 Å². The number of benzene rings is 4. The molecule has 4 aromatic carbocycles. The van der Waals surface area contributed by atoms with Gasteiger partial charge in [-0.3, -0.25) is 19.2 Å². The molecular formula is C65H97N7O5. The van der Waals surface area contributed by atoms with Crippen LogP contribution in [0.4, 0.5) is 0 Å². The van der Waals surface area contributed by atoms with Crippen molar-refractivity contribution in [2.24, 2.45) is 0 Å². The van der Waals surface area contributed by atoms with Crippen molar-refractivity contribution in [2.75, 3.05) is 72.6 Å². The minimum absolute atomic E-state index is 0.0252. The second kappa shape index (κ2) is 32.5. The number of carbonyl (C=O) groups excluding carboxylic acids is 4. The van der Waals surface area contributed by atoms with Crippen LogP contribution in [0.1, 0.15) is 208 Å². The molecule has 4 aromatic rings. The van der Waals surface area contributed by atoms with Gasteiger partial charge in [-0.25, -0.2) is 0 Å². The summed E-state index contributed by atoms with van der Waals surface area (Å²) < 4.78 is 5.28. The first-order valence-electron chi connectivity index (χ1n) is 29.2. The lowest BCUT2D eigenvalue weighted by atomic mass is 10.0. The van der Waals surface area contributed by atoms with Crippen molar-refractivity contribution in [2.45, 2.75) is 168 Å². The molecule has 4 fully saturated rings. The maximum Gasteiger partial charge on any atom is 0.251 e. The summed E-state index contributed by atoms with van der Waals surface area (Å²) in [6.45, 7) is 31.6. The second-order valence-corrected chi connectivity index (χ2v) is 23.2. The molecule has 12 nitrogen and oxygen atoms in total. The molecule has 4 aliphatic heterocycles. The van der Waals surface area contributed by atoms with Gasteiger partial charge in [0.1, 0.15) is 0 Å². The number of nitrogens with zero attached hydrogens (tertiary/aromatic N) is 3. The topological polar surface area (TPSA) is 135 Å². The van der Waals surface area contributed by atoms with Gasteiger partial charge in [0.25, 0.3) is 23.6 Å². The summed E-state index contributed by atoms with van der Waals surface area (Å²) in [5.41, 5.74) is 8.12. The van der Waals surface area contributed by atoms with Crippen LogP contribution >= 0.6 is 0 Å². The minimum Gasteiger partial charge on any atom is -0.381 e. The highest BCUT2D eigenvalue weighted by molar-refractivity contribution is 5.96. The minimum atomic E-state index is 0.0252. The van der Waals surface area contributed by atoms with E-state index in [1.165, 1.54) is 48.2 Å². The molecule has 77 heavy (non-hydrogen) atoms. The number of ether oxygens (including phenoxy) is 1. The molecule has 0 spiro atoms. The SMILES string of the molecule is CC(C)c1ccc(C(=O)NC2CCN(C(C)C)CC2)cc1.CC(C)c1ccc(C(=O)NC2CCN(C)CC2)cc1.CC(C)c1ccc(C(=O)NC2CCOCC2)cc1.CC(C)c1ccc(C(=O)NCCN2CCCC2)cc1. The summed E-state index contributed by atoms with van der Waals surface area (Å²) in [6.07, 6.45) is 8.61. The lowest BCUT2D eigenvalue weighted by Crippen LogP contribution is -2.46. The zero-order chi connectivity index (χ0) is 55.9. The molecule has 4 heterocycles. The van der Waals surface area contributed by atoms with Crippen LogP contribution < -0.4 is 21.3 Å².